The molecule has 0 radical (unpaired) electrons. The van der Waals surface area contributed by atoms with Gasteiger partial charge in [-0.1, -0.05) is 41.5 Å². The fourth-order valence-corrected chi connectivity index (χ4v) is 4.42. The molecule has 42 heavy (non-hydrogen) atoms. The summed E-state index contributed by atoms with van der Waals surface area (Å²) in [5.74, 6) is 5.90. The van der Waals surface area contributed by atoms with Gasteiger partial charge in [-0.2, -0.15) is 18.3 Å². The van der Waals surface area contributed by atoms with E-state index in [4.69, 9.17) is 17.4 Å². The maximum absolute atomic E-state index is 13.8. The highest BCUT2D eigenvalue weighted by atomic mass is 35.5. The number of nitrogens with zero attached hydrogens (tertiary/aromatic N) is 5. The van der Waals surface area contributed by atoms with Gasteiger partial charge >= 0.3 is 6.18 Å². The number of amides is 1. The molecule has 2 aromatic heterocycles. The number of aryl methyl sites for hydroxylation is 1. The highest BCUT2D eigenvalue weighted by Gasteiger charge is 2.41. The summed E-state index contributed by atoms with van der Waals surface area (Å²) in [7, 11) is 3.30. The Kier molecular flexibility index (Phi) is 14.5. The third kappa shape index (κ3) is 7.80. The summed E-state index contributed by atoms with van der Waals surface area (Å²) >= 11 is 5.82. The highest BCUT2D eigenvalue weighted by molar-refractivity contribution is 6.17. The van der Waals surface area contributed by atoms with E-state index < -0.39 is 17.6 Å². The van der Waals surface area contributed by atoms with E-state index >= 15 is 0 Å². The summed E-state index contributed by atoms with van der Waals surface area (Å²) < 4.78 is 43.1. The number of carbonyl (C=O) groups excluding carboxylic acids is 1. The van der Waals surface area contributed by atoms with Crippen LogP contribution in [0.3, 0.4) is 0 Å². The van der Waals surface area contributed by atoms with Crippen molar-refractivity contribution in [2.75, 3.05) is 23.8 Å². The molecule has 4 rings (SSSR count). The Morgan fingerprint density at radius 1 is 1.12 bits per heavy atom. The fourth-order valence-electron chi connectivity index (χ4n) is 4.26. The van der Waals surface area contributed by atoms with E-state index in [-0.39, 0.29) is 34.9 Å². The second-order valence-electron chi connectivity index (χ2n) is 8.07. The third-order valence-electron chi connectivity index (χ3n) is 5.84. The van der Waals surface area contributed by atoms with E-state index in [0.29, 0.717) is 35.0 Å². The molecule has 4 N–H and O–H groups in total. The molecule has 0 saturated heterocycles. The van der Waals surface area contributed by atoms with Gasteiger partial charge in [0, 0.05) is 37.6 Å². The average molecular weight is 611 g/mol. The molecule has 3 heterocycles. The molecule has 0 unspecified atom stereocenters. The van der Waals surface area contributed by atoms with E-state index in [1.54, 1.807) is 37.1 Å². The lowest BCUT2D eigenvalue weighted by Crippen LogP contribution is -2.31. The number of hydrogen-bond donors (Lipinski definition) is 3. The average Bonchev–Trinajstić information content (AvgIpc) is 3.55. The zero-order valence-corrected chi connectivity index (χ0v) is 26.5. The fraction of sp³-hybridized carbons (Fsp3) is 0.448. The van der Waals surface area contributed by atoms with Crippen molar-refractivity contribution in [2.45, 2.75) is 67.1 Å². The second kappa shape index (κ2) is 16.7. The molecule has 0 aliphatic carbocycles. The molecule has 13 heteroatoms. The molecule has 0 fully saturated rings. The van der Waals surface area contributed by atoms with Crippen LogP contribution in [0.1, 0.15) is 81.1 Å². The van der Waals surface area contributed by atoms with Gasteiger partial charge in [-0.25, -0.2) is 10.8 Å². The molecule has 0 spiro atoms. The Morgan fingerprint density at radius 3 is 2.29 bits per heavy atom. The second-order valence-corrected chi connectivity index (χ2v) is 8.34. The number of rotatable bonds is 6. The van der Waals surface area contributed by atoms with Crippen molar-refractivity contribution < 1.29 is 18.0 Å². The van der Waals surface area contributed by atoms with Gasteiger partial charge in [0.25, 0.3) is 5.91 Å². The van der Waals surface area contributed by atoms with Gasteiger partial charge in [0.05, 0.1) is 29.6 Å². The van der Waals surface area contributed by atoms with Crippen LogP contribution in [0.25, 0.3) is 11.3 Å². The summed E-state index contributed by atoms with van der Waals surface area (Å²) in [6.45, 7) is 14.1. The van der Waals surface area contributed by atoms with Crippen LogP contribution in [0.4, 0.5) is 24.8 Å². The lowest BCUT2D eigenvalue weighted by molar-refractivity contribution is -0.138. The minimum Gasteiger partial charge on any atom is -0.370 e. The van der Waals surface area contributed by atoms with E-state index in [1.807, 2.05) is 48.5 Å². The number of benzene rings is 1. The number of alkyl halides is 4. The molecule has 1 aromatic carbocycles. The number of hydrogen-bond acceptors (Lipinski definition) is 6. The van der Waals surface area contributed by atoms with E-state index in [1.165, 1.54) is 11.0 Å². The largest absolute Gasteiger partial charge is 0.416 e. The maximum atomic E-state index is 13.8. The monoisotopic (exact) mass is 610 g/mol. The number of aliphatic imine (C=N–C) groups is 1. The number of hydrazine groups is 1. The highest BCUT2D eigenvalue weighted by Crippen LogP contribution is 2.40. The van der Waals surface area contributed by atoms with Crippen molar-refractivity contribution >= 4 is 35.0 Å². The third-order valence-corrected chi connectivity index (χ3v) is 6.14. The van der Waals surface area contributed by atoms with Gasteiger partial charge in [0.1, 0.15) is 17.5 Å². The minimum absolute atomic E-state index is 0.0355. The van der Waals surface area contributed by atoms with Crippen LogP contribution in [0.2, 0.25) is 0 Å². The van der Waals surface area contributed by atoms with Gasteiger partial charge < -0.3 is 10.7 Å². The quantitative estimate of drug-likeness (QED) is 0.0935. The van der Waals surface area contributed by atoms with Crippen LogP contribution < -0.4 is 21.5 Å². The van der Waals surface area contributed by atoms with Crippen molar-refractivity contribution in [3.05, 3.63) is 58.3 Å². The van der Waals surface area contributed by atoms with Crippen LogP contribution in [0.5, 0.6) is 0 Å². The Bertz CT molecular complexity index is 1360. The van der Waals surface area contributed by atoms with Crippen LogP contribution in [0, 0.1) is 0 Å². The first-order valence-corrected chi connectivity index (χ1v) is 14.5. The lowest BCUT2D eigenvalue weighted by Gasteiger charge is -2.19. The Balaban J connectivity index is 0.00000138. The Labute approximate surface area is 251 Å². The number of amidine groups is 1. The number of halogens is 4. The summed E-state index contributed by atoms with van der Waals surface area (Å²) in [5.41, 5.74) is 3.58. The SMILES string of the molecule is CC.CC.CC.CCNc1cc(-c2c(C(=NC)NN)cnn2C)cc(N2Cc3c(cc(CCl)cc3C(F)(F)F)C2=O)n1. The van der Waals surface area contributed by atoms with Crippen molar-refractivity contribution in [1.82, 2.24) is 20.2 Å². The number of fused-ring (bicyclic) bond motifs is 1. The number of nitrogens with two attached hydrogens (primary N) is 1. The normalized spacial score (nSPS) is 12.3. The molecular formula is C29H42ClF3N8O. The molecule has 0 atom stereocenters. The zero-order valence-electron chi connectivity index (χ0n) is 25.7. The van der Waals surface area contributed by atoms with Crippen LogP contribution in [-0.2, 0) is 25.6 Å². The van der Waals surface area contributed by atoms with Crippen LogP contribution in [-0.4, -0.2) is 40.1 Å². The van der Waals surface area contributed by atoms with Gasteiger partial charge in [-0.05, 0) is 42.3 Å². The van der Waals surface area contributed by atoms with Crippen LogP contribution >= 0.6 is 11.6 Å². The number of anilines is 2. The molecule has 0 saturated carbocycles. The number of aromatic nitrogens is 3. The summed E-state index contributed by atoms with van der Waals surface area (Å²) in [4.78, 5) is 23.2. The number of pyridine rings is 1. The predicted molar refractivity (Wildman–Crippen MR) is 166 cm³/mol. The molecule has 1 aliphatic heterocycles. The first kappa shape index (κ1) is 36.4. The first-order chi connectivity index (χ1) is 20.1. The Hall–Kier alpha value is -3.64. The number of nitrogens with one attached hydrogen (secondary N) is 2. The summed E-state index contributed by atoms with van der Waals surface area (Å²) in [5, 5.41) is 7.41. The smallest absolute Gasteiger partial charge is 0.370 e. The molecule has 1 amide bonds. The molecule has 9 nitrogen and oxygen atoms in total. The summed E-state index contributed by atoms with van der Waals surface area (Å²) in [6, 6.07) is 5.79. The van der Waals surface area contributed by atoms with Crippen molar-refractivity contribution in [3.8, 4) is 11.3 Å². The molecule has 1 aliphatic rings. The molecular weight excluding hydrogens is 569 g/mol. The zero-order chi connectivity index (χ0) is 32.2. The van der Waals surface area contributed by atoms with Crippen molar-refractivity contribution in [2.24, 2.45) is 17.9 Å². The predicted octanol–water partition coefficient (Wildman–Crippen LogP) is 6.75. The van der Waals surface area contributed by atoms with E-state index in [2.05, 4.69) is 25.8 Å². The van der Waals surface area contributed by atoms with Gasteiger partial charge in [-0.3, -0.25) is 19.4 Å². The summed E-state index contributed by atoms with van der Waals surface area (Å²) in [6.07, 6.45) is -3.05. The molecule has 3 aromatic rings. The van der Waals surface area contributed by atoms with Gasteiger partial charge in [0.15, 0.2) is 0 Å². The van der Waals surface area contributed by atoms with Crippen LogP contribution in [0.15, 0.2) is 35.5 Å². The topological polar surface area (TPSA) is 113 Å². The van der Waals surface area contributed by atoms with E-state index in [9.17, 15) is 18.0 Å². The minimum atomic E-state index is -4.64. The van der Waals surface area contributed by atoms with Gasteiger partial charge in [0.2, 0.25) is 0 Å². The van der Waals surface area contributed by atoms with Crippen molar-refractivity contribution in [3.63, 3.8) is 0 Å². The number of carbonyl (C=O) groups is 1. The molecule has 232 valence electrons. The molecule has 0 bridgehead atoms. The van der Waals surface area contributed by atoms with Gasteiger partial charge in [-0.15, -0.1) is 11.6 Å². The first-order valence-electron chi connectivity index (χ1n) is 14.0. The lowest BCUT2D eigenvalue weighted by atomic mass is 9.99. The Morgan fingerprint density at radius 2 is 1.76 bits per heavy atom. The van der Waals surface area contributed by atoms with E-state index in [0.717, 1.165) is 6.07 Å². The maximum Gasteiger partial charge on any atom is 0.416 e. The standard InChI is InChI=1S/C23H24ClF3N8O.3C2H6/c1-4-30-18-7-13(20-15(10-31-34(20)3)21(29-2)33-28)8-19(32-18)35-11-16-14(22(35)36)5-12(9-24)6-17(16)23(25,26)27;3*1-2/h5-8,10H,4,9,11,28H2,1-3H3,(H,29,33)(H,30,32);3*1-2H3. The van der Waals surface area contributed by atoms with Crippen molar-refractivity contribution in [1.29, 1.82) is 0 Å².